The van der Waals surface area contributed by atoms with Crippen LogP contribution < -0.4 is 4.74 Å². The molecule has 0 spiro atoms. The molecule has 128 valence electrons. The number of carbonyl (C=O) groups is 1. The van der Waals surface area contributed by atoms with Crippen molar-refractivity contribution in [3.05, 3.63) is 50.7 Å². The smallest absolute Gasteiger partial charge is 0.263 e. The molecule has 0 unspecified atom stereocenters. The Morgan fingerprint density at radius 3 is 2.83 bits per heavy atom. The van der Waals surface area contributed by atoms with Gasteiger partial charge in [-0.1, -0.05) is 24.6 Å². The van der Waals surface area contributed by atoms with E-state index in [0.717, 1.165) is 47.9 Å². The number of aryl methyl sites for hydroxylation is 1. The average molecular weight is 364 g/mol. The van der Waals surface area contributed by atoms with Crippen LogP contribution in [0.25, 0.3) is 0 Å². The topological polar surface area (TPSA) is 29.5 Å². The van der Waals surface area contributed by atoms with Crippen molar-refractivity contribution in [1.29, 1.82) is 0 Å². The minimum atomic E-state index is 0.145. The number of hydrogen-bond acceptors (Lipinski definition) is 3. The molecule has 1 aromatic carbocycles. The predicted octanol–water partition coefficient (Wildman–Crippen LogP) is 5.16. The Kier molecular flexibility index (Phi) is 5.47. The van der Waals surface area contributed by atoms with Crippen molar-refractivity contribution in [2.45, 2.75) is 33.3 Å². The minimum absolute atomic E-state index is 0.145. The molecule has 0 atom stereocenters. The van der Waals surface area contributed by atoms with E-state index in [1.807, 2.05) is 41.5 Å². The summed E-state index contributed by atoms with van der Waals surface area (Å²) in [6.45, 7) is 6.40. The lowest BCUT2D eigenvalue weighted by atomic mass is 9.99. The monoisotopic (exact) mass is 363 g/mol. The van der Waals surface area contributed by atoms with E-state index in [-0.39, 0.29) is 5.91 Å². The van der Waals surface area contributed by atoms with E-state index in [1.165, 1.54) is 11.3 Å². The second-order valence-corrected chi connectivity index (χ2v) is 7.83. The maximum Gasteiger partial charge on any atom is 0.263 e. The summed E-state index contributed by atoms with van der Waals surface area (Å²) in [6.07, 6.45) is 2.19. The number of nitrogens with zero attached hydrogens (tertiary/aromatic N) is 1. The number of likely N-dealkylation sites (tertiary alicyclic amines) is 1. The van der Waals surface area contributed by atoms with Gasteiger partial charge in [0.15, 0.2) is 0 Å². The van der Waals surface area contributed by atoms with Crippen LogP contribution in [0.3, 0.4) is 0 Å². The number of hydrogen-bond donors (Lipinski definition) is 0. The first-order valence-electron chi connectivity index (χ1n) is 8.28. The fraction of sp³-hybridized carbons (Fsp3) is 0.421. The number of piperidine rings is 1. The Labute approximate surface area is 152 Å². The summed E-state index contributed by atoms with van der Waals surface area (Å²) in [4.78, 5) is 15.3. The number of carbonyl (C=O) groups excluding carboxylic acids is 1. The predicted molar refractivity (Wildman–Crippen MR) is 99.1 cm³/mol. The van der Waals surface area contributed by atoms with Crippen LogP contribution in [-0.2, 0) is 6.61 Å². The van der Waals surface area contributed by atoms with Crippen molar-refractivity contribution < 1.29 is 9.53 Å². The molecule has 1 aliphatic rings. The summed E-state index contributed by atoms with van der Waals surface area (Å²) in [5.41, 5.74) is 2.11. The maximum absolute atomic E-state index is 12.6. The molecule has 1 amide bonds. The van der Waals surface area contributed by atoms with Crippen molar-refractivity contribution in [2.24, 2.45) is 5.92 Å². The standard InChI is InChI=1S/C19H22ClNO2S/c1-13-5-7-21(8-6-13)19(22)18-10-15(12-24-18)11-23-17-9-14(2)3-4-16(17)20/h3-4,9-10,12-13H,5-8,11H2,1-2H3. The molecule has 0 radical (unpaired) electrons. The Morgan fingerprint density at radius 1 is 1.33 bits per heavy atom. The van der Waals surface area contributed by atoms with Crippen molar-refractivity contribution in [3.8, 4) is 5.75 Å². The van der Waals surface area contributed by atoms with Crippen LogP contribution in [0, 0.1) is 12.8 Å². The summed E-state index contributed by atoms with van der Waals surface area (Å²) in [6, 6.07) is 7.66. The van der Waals surface area contributed by atoms with E-state index in [9.17, 15) is 4.79 Å². The number of thiophene rings is 1. The zero-order chi connectivity index (χ0) is 17.1. The zero-order valence-electron chi connectivity index (χ0n) is 14.0. The number of rotatable bonds is 4. The molecule has 1 aromatic heterocycles. The summed E-state index contributed by atoms with van der Waals surface area (Å²) in [7, 11) is 0. The van der Waals surface area contributed by atoms with E-state index in [2.05, 4.69) is 6.92 Å². The van der Waals surface area contributed by atoms with Gasteiger partial charge in [-0.05, 0) is 54.8 Å². The molecule has 0 bridgehead atoms. The Hall–Kier alpha value is -1.52. The Bertz CT molecular complexity index is 720. The van der Waals surface area contributed by atoms with E-state index < -0.39 is 0 Å². The molecule has 3 rings (SSSR count). The fourth-order valence-electron chi connectivity index (χ4n) is 2.81. The summed E-state index contributed by atoms with van der Waals surface area (Å²) >= 11 is 7.64. The first kappa shape index (κ1) is 17.3. The highest BCUT2D eigenvalue weighted by atomic mass is 35.5. The van der Waals surface area contributed by atoms with Gasteiger partial charge in [-0.25, -0.2) is 0 Å². The summed E-state index contributed by atoms with van der Waals surface area (Å²) in [5.74, 6) is 1.55. The molecule has 1 fully saturated rings. The van der Waals surface area contributed by atoms with Crippen LogP contribution in [0.2, 0.25) is 5.02 Å². The van der Waals surface area contributed by atoms with Gasteiger partial charge in [-0.15, -0.1) is 11.3 Å². The molecule has 2 aromatic rings. The van der Waals surface area contributed by atoms with Gasteiger partial charge in [0, 0.05) is 18.7 Å². The van der Waals surface area contributed by atoms with Gasteiger partial charge < -0.3 is 9.64 Å². The average Bonchev–Trinajstić information content (AvgIpc) is 3.05. The van der Waals surface area contributed by atoms with E-state index in [1.54, 1.807) is 0 Å². The molecular formula is C19H22ClNO2S. The summed E-state index contributed by atoms with van der Waals surface area (Å²) < 4.78 is 5.81. The molecular weight excluding hydrogens is 342 g/mol. The lowest BCUT2D eigenvalue weighted by molar-refractivity contribution is 0.0702. The maximum atomic E-state index is 12.6. The molecule has 0 aliphatic carbocycles. The molecule has 2 heterocycles. The van der Waals surface area contributed by atoms with Crippen LogP contribution >= 0.6 is 22.9 Å². The van der Waals surface area contributed by atoms with Crippen molar-refractivity contribution in [3.63, 3.8) is 0 Å². The molecule has 0 N–H and O–H groups in total. The van der Waals surface area contributed by atoms with E-state index >= 15 is 0 Å². The van der Waals surface area contributed by atoms with Gasteiger partial charge in [0.25, 0.3) is 5.91 Å². The largest absolute Gasteiger partial charge is 0.487 e. The van der Waals surface area contributed by atoms with Crippen molar-refractivity contribution >= 4 is 28.8 Å². The van der Waals surface area contributed by atoms with Crippen molar-refractivity contribution in [2.75, 3.05) is 13.1 Å². The van der Waals surface area contributed by atoms with E-state index in [0.29, 0.717) is 17.4 Å². The number of benzene rings is 1. The van der Waals surface area contributed by atoms with Crippen LogP contribution in [0.4, 0.5) is 0 Å². The summed E-state index contributed by atoms with van der Waals surface area (Å²) in [5, 5.41) is 2.60. The van der Waals surface area contributed by atoms with Crippen LogP contribution in [0.5, 0.6) is 5.75 Å². The SMILES string of the molecule is Cc1ccc(Cl)c(OCc2csc(C(=O)N3CCC(C)CC3)c2)c1. The minimum Gasteiger partial charge on any atom is -0.487 e. The van der Waals surface area contributed by atoms with Gasteiger partial charge >= 0.3 is 0 Å². The first-order valence-corrected chi connectivity index (χ1v) is 9.54. The second-order valence-electron chi connectivity index (χ2n) is 6.52. The highest BCUT2D eigenvalue weighted by Crippen LogP contribution is 2.27. The highest BCUT2D eigenvalue weighted by molar-refractivity contribution is 7.12. The number of halogens is 1. The highest BCUT2D eigenvalue weighted by Gasteiger charge is 2.22. The van der Waals surface area contributed by atoms with Gasteiger partial charge in [0.05, 0.1) is 9.90 Å². The molecule has 5 heteroatoms. The molecule has 24 heavy (non-hydrogen) atoms. The lowest BCUT2D eigenvalue weighted by Gasteiger charge is -2.29. The van der Waals surface area contributed by atoms with Gasteiger partial charge in [0.2, 0.25) is 0 Å². The van der Waals surface area contributed by atoms with Crippen LogP contribution in [0.1, 0.15) is 40.6 Å². The first-order chi connectivity index (χ1) is 11.5. The van der Waals surface area contributed by atoms with E-state index in [4.69, 9.17) is 16.3 Å². The quantitative estimate of drug-likeness (QED) is 0.750. The lowest BCUT2D eigenvalue weighted by Crippen LogP contribution is -2.37. The van der Waals surface area contributed by atoms with Gasteiger partial charge in [-0.3, -0.25) is 4.79 Å². The third-order valence-corrected chi connectivity index (χ3v) is 5.70. The van der Waals surface area contributed by atoms with Gasteiger partial charge in [-0.2, -0.15) is 0 Å². The number of amides is 1. The molecule has 3 nitrogen and oxygen atoms in total. The Balaban J connectivity index is 1.61. The third kappa shape index (κ3) is 4.11. The Morgan fingerprint density at radius 2 is 2.08 bits per heavy atom. The van der Waals surface area contributed by atoms with Crippen LogP contribution in [-0.4, -0.2) is 23.9 Å². The normalized spacial score (nSPS) is 15.5. The second kappa shape index (κ2) is 7.58. The number of ether oxygens (including phenoxy) is 1. The zero-order valence-corrected chi connectivity index (χ0v) is 15.6. The third-order valence-electron chi connectivity index (χ3n) is 4.42. The van der Waals surface area contributed by atoms with Crippen molar-refractivity contribution in [1.82, 2.24) is 4.90 Å². The molecule has 0 saturated carbocycles. The molecule has 1 saturated heterocycles. The van der Waals surface area contributed by atoms with Gasteiger partial charge in [0.1, 0.15) is 12.4 Å². The fourth-order valence-corrected chi connectivity index (χ4v) is 3.85. The van der Waals surface area contributed by atoms with Crippen LogP contribution in [0.15, 0.2) is 29.6 Å². The molecule has 1 aliphatic heterocycles.